The average Bonchev–Trinajstić information content (AvgIpc) is 2.96. The SMILES string of the molecule is COc1nn(C)c2nc(C)c(CCC(=O)NCCc3cc(Cl)cc(Cl)c3)c(C)c12. The van der Waals surface area contributed by atoms with E-state index in [0.29, 0.717) is 41.7 Å². The Hall–Kier alpha value is -2.31. The van der Waals surface area contributed by atoms with Crippen LogP contribution in [-0.4, -0.2) is 34.3 Å². The molecular weight excluding hydrogens is 411 g/mol. The van der Waals surface area contributed by atoms with Gasteiger partial charge in [0.25, 0.3) is 0 Å². The molecule has 0 saturated carbocycles. The third-order valence-corrected chi connectivity index (χ3v) is 5.41. The lowest BCUT2D eigenvalue weighted by Crippen LogP contribution is -2.26. The molecule has 0 spiro atoms. The molecular formula is C21H24Cl2N4O2. The van der Waals surface area contributed by atoms with Gasteiger partial charge in [-0.25, -0.2) is 9.67 Å². The number of fused-ring (bicyclic) bond motifs is 1. The number of carbonyl (C=O) groups is 1. The summed E-state index contributed by atoms with van der Waals surface area (Å²) in [4.78, 5) is 17.0. The maximum absolute atomic E-state index is 12.3. The standard InChI is InChI=1S/C21H24Cl2N4O2/c1-12-17(13(2)25-20-19(12)21(29-4)26-27(20)3)5-6-18(28)24-8-7-14-9-15(22)11-16(23)10-14/h9-11H,5-8H2,1-4H3,(H,24,28). The van der Waals surface area contributed by atoms with Gasteiger partial charge in [-0.15, -0.1) is 5.10 Å². The Morgan fingerprint density at radius 2 is 1.86 bits per heavy atom. The van der Waals surface area contributed by atoms with Gasteiger partial charge in [0.2, 0.25) is 11.8 Å². The molecule has 1 N–H and O–H groups in total. The number of nitrogens with one attached hydrogen (secondary N) is 1. The number of ether oxygens (including phenoxy) is 1. The summed E-state index contributed by atoms with van der Waals surface area (Å²) in [5.41, 5.74) is 4.79. The molecule has 154 valence electrons. The second-order valence-corrected chi connectivity index (χ2v) is 7.88. The van der Waals surface area contributed by atoms with Gasteiger partial charge in [0.05, 0.1) is 12.5 Å². The van der Waals surface area contributed by atoms with E-state index in [0.717, 1.165) is 33.4 Å². The minimum atomic E-state index is -0.00447. The minimum Gasteiger partial charge on any atom is -0.479 e. The zero-order valence-electron chi connectivity index (χ0n) is 17.0. The van der Waals surface area contributed by atoms with Gasteiger partial charge < -0.3 is 10.1 Å². The first kappa shape index (κ1) is 21.4. The summed E-state index contributed by atoms with van der Waals surface area (Å²) in [5.74, 6) is 0.550. The molecule has 0 aliphatic carbocycles. The van der Waals surface area contributed by atoms with Crippen LogP contribution in [0.25, 0.3) is 11.0 Å². The van der Waals surface area contributed by atoms with Crippen LogP contribution in [0.2, 0.25) is 10.0 Å². The molecule has 3 aromatic rings. The van der Waals surface area contributed by atoms with Crippen LogP contribution in [0.4, 0.5) is 0 Å². The number of aromatic nitrogens is 3. The van der Waals surface area contributed by atoms with Gasteiger partial charge in [-0.1, -0.05) is 23.2 Å². The lowest BCUT2D eigenvalue weighted by atomic mass is 10.00. The predicted octanol–water partition coefficient (Wildman–Crippen LogP) is 4.19. The highest BCUT2D eigenvalue weighted by Crippen LogP contribution is 2.30. The van der Waals surface area contributed by atoms with Crippen LogP contribution in [0.1, 0.15) is 28.8 Å². The van der Waals surface area contributed by atoms with Crippen molar-refractivity contribution < 1.29 is 9.53 Å². The van der Waals surface area contributed by atoms with Crippen molar-refractivity contribution in [1.29, 1.82) is 0 Å². The highest BCUT2D eigenvalue weighted by atomic mass is 35.5. The van der Waals surface area contributed by atoms with Crippen molar-refractivity contribution in [3.63, 3.8) is 0 Å². The second kappa shape index (κ2) is 9.01. The number of halogens is 2. The van der Waals surface area contributed by atoms with Crippen molar-refractivity contribution in [2.75, 3.05) is 13.7 Å². The van der Waals surface area contributed by atoms with Gasteiger partial charge in [0.15, 0.2) is 5.65 Å². The molecule has 0 radical (unpaired) electrons. The normalized spacial score (nSPS) is 11.1. The third kappa shape index (κ3) is 4.82. The highest BCUT2D eigenvalue weighted by molar-refractivity contribution is 6.34. The summed E-state index contributed by atoms with van der Waals surface area (Å²) in [6.07, 6.45) is 1.66. The zero-order valence-corrected chi connectivity index (χ0v) is 18.5. The van der Waals surface area contributed by atoms with E-state index >= 15 is 0 Å². The number of nitrogens with zero attached hydrogens (tertiary/aromatic N) is 3. The molecule has 0 saturated heterocycles. The maximum atomic E-state index is 12.3. The van der Waals surface area contributed by atoms with Crippen LogP contribution < -0.4 is 10.1 Å². The molecule has 29 heavy (non-hydrogen) atoms. The third-order valence-electron chi connectivity index (χ3n) is 4.98. The summed E-state index contributed by atoms with van der Waals surface area (Å²) in [7, 11) is 3.44. The van der Waals surface area contributed by atoms with E-state index in [1.165, 1.54) is 0 Å². The van der Waals surface area contributed by atoms with Crippen molar-refractivity contribution >= 4 is 40.1 Å². The number of hydrogen-bond donors (Lipinski definition) is 1. The van der Waals surface area contributed by atoms with Crippen molar-refractivity contribution in [3.05, 3.63) is 50.6 Å². The Morgan fingerprint density at radius 1 is 1.17 bits per heavy atom. The minimum absolute atomic E-state index is 0.00447. The van der Waals surface area contributed by atoms with Gasteiger partial charge in [-0.3, -0.25) is 4.79 Å². The van der Waals surface area contributed by atoms with E-state index in [4.69, 9.17) is 27.9 Å². The molecule has 6 nitrogen and oxygen atoms in total. The molecule has 8 heteroatoms. The molecule has 0 unspecified atom stereocenters. The molecule has 0 fully saturated rings. The second-order valence-electron chi connectivity index (χ2n) is 7.01. The number of benzene rings is 1. The lowest BCUT2D eigenvalue weighted by Gasteiger charge is -2.11. The van der Waals surface area contributed by atoms with Crippen molar-refractivity contribution in [2.45, 2.75) is 33.1 Å². The monoisotopic (exact) mass is 434 g/mol. The zero-order chi connectivity index (χ0) is 21.1. The molecule has 1 aromatic carbocycles. The van der Waals surface area contributed by atoms with E-state index in [1.807, 2.05) is 33.0 Å². The van der Waals surface area contributed by atoms with E-state index < -0.39 is 0 Å². The number of amides is 1. The van der Waals surface area contributed by atoms with Gasteiger partial charge in [0, 0.05) is 35.8 Å². The molecule has 0 aliphatic rings. The molecule has 2 aromatic heterocycles. The Kier molecular flexibility index (Phi) is 6.65. The smallest absolute Gasteiger partial charge is 0.242 e. The lowest BCUT2D eigenvalue weighted by molar-refractivity contribution is -0.121. The topological polar surface area (TPSA) is 69.0 Å². The van der Waals surface area contributed by atoms with Gasteiger partial charge in [-0.05, 0) is 61.6 Å². The van der Waals surface area contributed by atoms with Gasteiger partial charge in [0.1, 0.15) is 0 Å². The average molecular weight is 435 g/mol. The first-order valence-electron chi connectivity index (χ1n) is 9.38. The first-order valence-corrected chi connectivity index (χ1v) is 10.1. The highest BCUT2D eigenvalue weighted by Gasteiger charge is 2.18. The Bertz CT molecular complexity index is 1040. The van der Waals surface area contributed by atoms with E-state index in [9.17, 15) is 4.79 Å². The van der Waals surface area contributed by atoms with Crippen LogP contribution in [0.5, 0.6) is 5.88 Å². The number of aryl methyl sites for hydroxylation is 3. The molecule has 0 aliphatic heterocycles. The molecule has 0 atom stereocenters. The Morgan fingerprint density at radius 3 is 2.52 bits per heavy atom. The largest absolute Gasteiger partial charge is 0.479 e. The van der Waals surface area contributed by atoms with Crippen LogP contribution >= 0.6 is 23.2 Å². The van der Waals surface area contributed by atoms with Crippen LogP contribution in [0, 0.1) is 13.8 Å². The number of pyridine rings is 1. The van der Waals surface area contributed by atoms with E-state index in [-0.39, 0.29) is 5.91 Å². The summed E-state index contributed by atoms with van der Waals surface area (Å²) in [5, 5.41) is 9.41. The van der Waals surface area contributed by atoms with E-state index in [1.54, 1.807) is 17.9 Å². The Balaban J connectivity index is 1.63. The van der Waals surface area contributed by atoms with Crippen LogP contribution in [0.3, 0.4) is 0 Å². The van der Waals surface area contributed by atoms with Crippen molar-refractivity contribution in [3.8, 4) is 5.88 Å². The molecule has 2 heterocycles. The van der Waals surface area contributed by atoms with Crippen LogP contribution in [0.15, 0.2) is 18.2 Å². The maximum Gasteiger partial charge on any atom is 0.242 e. The number of rotatable bonds is 7. The molecule has 3 rings (SSSR count). The fourth-order valence-corrected chi connectivity index (χ4v) is 4.11. The summed E-state index contributed by atoms with van der Waals surface area (Å²) < 4.78 is 7.11. The van der Waals surface area contributed by atoms with E-state index in [2.05, 4.69) is 15.4 Å². The number of carbonyl (C=O) groups excluding carboxylic acids is 1. The summed E-state index contributed by atoms with van der Waals surface area (Å²) in [6, 6.07) is 5.40. The molecule has 0 bridgehead atoms. The number of hydrogen-bond acceptors (Lipinski definition) is 4. The van der Waals surface area contributed by atoms with Gasteiger partial charge in [-0.2, -0.15) is 0 Å². The quantitative estimate of drug-likeness (QED) is 0.604. The summed E-state index contributed by atoms with van der Waals surface area (Å²) >= 11 is 12.0. The van der Waals surface area contributed by atoms with Crippen molar-refractivity contribution in [2.24, 2.45) is 7.05 Å². The van der Waals surface area contributed by atoms with Crippen molar-refractivity contribution in [1.82, 2.24) is 20.1 Å². The predicted molar refractivity (Wildman–Crippen MR) is 116 cm³/mol. The fourth-order valence-electron chi connectivity index (χ4n) is 3.54. The van der Waals surface area contributed by atoms with Gasteiger partial charge >= 0.3 is 0 Å². The number of methoxy groups -OCH3 is 1. The molecule has 1 amide bonds. The fraction of sp³-hybridized carbons (Fsp3) is 0.381. The first-order chi connectivity index (χ1) is 13.8. The Labute approximate surface area is 180 Å². The van der Waals surface area contributed by atoms with Crippen LogP contribution in [-0.2, 0) is 24.7 Å². The summed E-state index contributed by atoms with van der Waals surface area (Å²) in [6.45, 7) is 4.51.